The van der Waals surface area contributed by atoms with Crippen molar-refractivity contribution in [3.8, 4) is 12.1 Å². The SMILES string of the molecule is C=P(N[C@@H]1C(O[Si](C)(C)C(C)(C)C)[C@H](C)O[C@@H]1COP(OCCC#N)N(C(C)C)C(C)C)(OCCC#N)OC[C@H]1O[C@@H](C)C(C)[C@H]1C. The predicted octanol–water partition coefficient (Wildman–Crippen LogP) is 7.62. The second kappa shape index (κ2) is 18.7. The molecule has 0 spiro atoms. The van der Waals surface area contributed by atoms with Gasteiger partial charge in [-0.05, 0) is 77.8 Å². The third-order valence-corrected chi connectivity index (χ3v) is 18.1. The topological polar surface area (TPSA) is 127 Å². The lowest BCUT2D eigenvalue weighted by molar-refractivity contribution is 0.00216. The summed E-state index contributed by atoms with van der Waals surface area (Å²) in [5.41, 5.74) is 0. The number of nitrogens with zero attached hydrogens (tertiary/aromatic N) is 3. The lowest BCUT2D eigenvalue weighted by Gasteiger charge is -2.41. The Labute approximate surface area is 288 Å². The van der Waals surface area contributed by atoms with E-state index in [1.807, 2.05) is 6.92 Å². The van der Waals surface area contributed by atoms with Crippen LogP contribution in [0.2, 0.25) is 18.1 Å². The van der Waals surface area contributed by atoms with Gasteiger partial charge in [0.2, 0.25) is 0 Å². The van der Waals surface area contributed by atoms with Crippen LogP contribution in [0.3, 0.4) is 0 Å². The summed E-state index contributed by atoms with van der Waals surface area (Å²) < 4.78 is 47.7. The van der Waals surface area contributed by atoms with E-state index >= 15 is 0 Å². The Bertz CT molecular complexity index is 1090. The van der Waals surface area contributed by atoms with Crippen LogP contribution in [0.25, 0.3) is 0 Å². The average Bonchev–Trinajstić information content (AvgIpc) is 3.38. The van der Waals surface area contributed by atoms with Crippen molar-refractivity contribution in [1.29, 1.82) is 10.5 Å². The van der Waals surface area contributed by atoms with Crippen molar-refractivity contribution in [2.75, 3.05) is 26.4 Å². The molecule has 0 radical (unpaired) electrons. The van der Waals surface area contributed by atoms with Gasteiger partial charge in [0.25, 0.3) is 8.53 Å². The van der Waals surface area contributed by atoms with Gasteiger partial charge < -0.3 is 32.0 Å². The first-order valence-corrected chi connectivity index (χ1v) is 23.0. The molecule has 0 aromatic rings. The maximum Gasteiger partial charge on any atom is 0.259 e. The van der Waals surface area contributed by atoms with Crippen LogP contribution in [0.5, 0.6) is 0 Å². The van der Waals surface area contributed by atoms with E-state index in [1.54, 1.807) is 0 Å². The van der Waals surface area contributed by atoms with E-state index in [2.05, 4.69) is 111 Å². The molecule has 0 saturated carbocycles. The minimum Gasteiger partial charge on any atom is -0.410 e. The molecule has 272 valence electrons. The average molecular weight is 719 g/mol. The van der Waals surface area contributed by atoms with Gasteiger partial charge in [0, 0.05) is 12.1 Å². The smallest absolute Gasteiger partial charge is 0.259 e. The lowest BCUT2D eigenvalue weighted by atomic mass is 9.91. The summed E-state index contributed by atoms with van der Waals surface area (Å²) in [5.74, 6) is 0.719. The molecule has 14 heteroatoms. The lowest BCUT2D eigenvalue weighted by Crippen LogP contribution is -2.53. The van der Waals surface area contributed by atoms with Crippen LogP contribution < -0.4 is 5.09 Å². The van der Waals surface area contributed by atoms with Crippen molar-refractivity contribution in [3.05, 3.63) is 0 Å². The van der Waals surface area contributed by atoms with Crippen molar-refractivity contribution >= 4 is 30.6 Å². The first-order chi connectivity index (χ1) is 21.8. The quantitative estimate of drug-likeness (QED) is 0.0805. The second-order valence-electron chi connectivity index (χ2n) is 15.0. The Morgan fingerprint density at radius 3 is 1.96 bits per heavy atom. The van der Waals surface area contributed by atoms with E-state index in [0.29, 0.717) is 18.4 Å². The number of nitriles is 2. The first kappa shape index (κ1) is 42.7. The normalized spacial score (nSPS) is 30.5. The zero-order chi connectivity index (χ0) is 35.7. The predicted molar refractivity (Wildman–Crippen MR) is 193 cm³/mol. The highest BCUT2D eigenvalue weighted by atomic mass is 31.2. The largest absolute Gasteiger partial charge is 0.410 e. The maximum atomic E-state index is 9.28. The number of hydrogen-bond acceptors (Lipinski definition) is 11. The third kappa shape index (κ3) is 12.1. The van der Waals surface area contributed by atoms with Crippen molar-refractivity contribution in [3.63, 3.8) is 0 Å². The Hall–Kier alpha value is -0.433. The van der Waals surface area contributed by atoms with Crippen LogP contribution >= 0.6 is 16.0 Å². The van der Waals surface area contributed by atoms with Crippen LogP contribution in [0, 0.1) is 34.5 Å². The molecule has 4 unspecified atom stereocenters. The monoisotopic (exact) mass is 718 g/mol. The Morgan fingerprint density at radius 1 is 0.872 bits per heavy atom. The van der Waals surface area contributed by atoms with Crippen LogP contribution in [-0.4, -0.2) is 94.4 Å². The molecule has 1 N–H and O–H groups in total. The van der Waals surface area contributed by atoms with Crippen LogP contribution in [-0.2, 0) is 32.0 Å². The van der Waals surface area contributed by atoms with E-state index < -0.39 is 30.4 Å². The highest BCUT2D eigenvalue weighted by Gasteiger charge is 2.50. The number of hydrogen-bond donors (Lipinski definition) is 1. The van der Waals surface area contributed by atoms with E-state index in [9.17, 15) is 5.26 Å². The van der Waals surface area contributed by atoms with Crippen LogP contribution in [0.1, 0.15) is 89.0 Å². The summed E-state index contributed by atoms with van der Waals surface area (Å²) in [6, 6.07) is 4.28. The molecule has 10 atom stereocenters. The molecule has 0 bridgehead atoms. The molecule has 47 heavy (non-hydrogen) atoms. The summed E-state index contributed by atoms with van der Waals surface area (Å²) >= 11 is 0. The number of ether oxygens (including phenoxy) is 2. The van der Waals surface area contributed by atoms with Gasteiger partial charge in [-0.2, -0.15) is 10.5 Å². The fraction of sp³-hybridized carbons (Fsp3) is 0.909. The van der Waals surface area contributed by atoms with Gasteiger partial charge >= 0.3 is 0 Å². The van der Waals surface area contributed by atoms with Crippen molar-refractivity contribution in [2.24, 2.45) is 11.8 Å². The Balaban J connectivity index is 2.43. The van der Waals surface area contributed by atoms with Crippen molar-refractivity contribution in [2.45, 2.75) is 156 Å². The fourth-order valence-electron chi connectivity index (χ4n) is 5.63. The molecular formula is C33H64N4O7P2Si. The molecule has 2 fully saturated rings. The zero-order valence-electron chi connectivity index (χ0n) is 31.3. The van der Waals surface area contributed by atoms with Crippen LogP contribution in [0.15, 0.2) is 0 Å². The molecule has 2 rings (SSSR count). The molecule has 2 heterocycles. The molecule has 0 aromatic carbocycles. The highest BCUT2D eigenvalue weighted by Crippen LogP contribution is 2.50. The summed E-state index contributed by atoms with van der Waals surface area (Å²) in [5, 5.41) is 22.1. The third-order valence-electron chi connectivity index (χ3n) is 9.71. The second-order valence-corrected chi connectivity index (χ2v) is 23.4. The minimum absolute atomic E-state index is 0.0242. The summed E-state index contributed by atoms with van der Waals surface area (Å²) in [6.07, 6.45) is 4.01. The summed E-state index contributed by atoms with van der Waals surface area (Å²) in [6.45, 7) is 29.1. The minimum atomic E-state index is -3.00. The highest BCUT2D eigenvalue weighted by molar-refractivity contribution is 7.62. The molecule has 2 aliphatic rings. The van der Waals surface area contributed by atoms with E-state index in [-0.39, 0.29) is 80.2 Å². The first-order valence-electron chi connectivity index (χ1n) is 17.2. The number of rotatable bonds is 19. The van der Waals surface area contributed by atoms with Gasteiger partial charge in [-0.3, -0.25) is 0 Å². The maximum absolute atomic E-state index is 9.28. The van der Waals surface area contributed by atoms with Gasteiger partial charge in [0.05, 0.1) is 81.9 Å². The molecule has 11 nitrogen and oxygen atoms in total. The number of nitrogens with one attached hydrogen (secondary N) is 1. The van der Waals surface area contributed by atoms with Gasteiger partial charge in [-0.1, -0.05) is 34.6 Å². The zero-order valence-corrected chi connectivity index (χ0v) is 34.1. The van der Waals surface area contributed by atoms with Crippen molar-refractivity contribution in [1.82, 2.24) is 9.76 Å². The van der Waals surface area contributed by atoms with Crippen LogP contribution in [0.4, 0.5) is 0 Å². The summed E-state index contributed by atoms with van der Waals surface area (Å²) in [7, 11) is -6.71. The molecule has 0 aromatic heterocycles. The van der Waals surface area contributed by atoms with E-state index in [4.69, 9.17) is 37.3 Å². The van der Waals surface area contributed by atoms with E-state index in [0.717, 1.165) is 0 Å². The Morgan fingerprint density at radius 2 is 1.45 bits per heavy atom. The van der Waals surface area contributed by atoms with Gasteiger partial charge in [0.15, 0.2) is 15.8 Å². The van der Waals surface area contributed by atoms with Crippen molar-refractivity contribution < 1.29 is 32.0 Å². The standard InChI is InChI=1S/C33H64N4O7P2Si/c1-23(2)37(24(3)4)45(38-19-15-17-34)39-21-30-31(32(28(8)43-30)44-47(13,14)33(9,10)11)36-46(12,40-20-16-18-35)41-22-29-26(6)25(5)27(7)42-29/h23-32,36H,12,15-16,19-22H2,1-11,13-14H3/t25?,26-,27+,28+,29-,30-,31+,32?,45?,46?/m1/s1. The van der Waals surface area contributed by atoms with Gasteiger partial charge in [-0.25, -0.2) is 9.76 Å². The van der Waals surface area contributed by atoms with E-state index in [1.165, 1.54) is 0 Å². The van der Waals surface area contributed by atoms with Gasteiger partial charge in [-0.15, -0.1) is 0 Å². The molecule has 0 aliphatic carbocycles. The molecule has 0 amide bonds. The summed E-state index contributed by atoms with van der Waals surface area (Å²) in [4.78, 5) is 0. The molecule has 2 aliphatic heterocycles. The Kier molecular flexibility index (Phi) is 17.0. The fourth-order valence-corrected chi connectivity index (χ4v) is 10.4. The molecule has 2 saturated heterocycles. The molecular weight excluding hydrogens is 654 g/mol. The van der Waals surface area contributed by atoms with Gasteiger partial charge in [0.1, 0.15) is 6.10 Å².